The summed E-state index contributed by atoms with van der Waals surface area (Å²) in [5, 5.41) is 9.01. The maximum atomic E-state index is 13.7. The van der Waals surface area contributed by atoms with E-state index in [0.717, 1.165) is 17.4 Å². The van der Waals surface area contributed by atoms with Gasteiger partial charge >= 0.3 is 5.97 Å². The van der Waals surface area contributed by atoms with Crippen LogP contribution in [0, 0.1) is 11.6 Å². The molecule has 3 aromatic rings. The lowest BCUT2D eigenvalue weighted by Crippen LogP contribution is -2.46. The highest BCUT2D eigenvalue weighted by Crippen LogP contribution is 2.37. The van der Waals surface area contributed by atoms with Gasteiger partial charge in [0.1, 0.15) is 21.3 Å². The Labute approximate surface area is 165 Å². The van der Waals surface area contributed by atoms with E-state index in [1.807, 2.05) is 0 Å². The molecule has 0 spiro atoms. The van der Waals surface area contributed by atoms with Gasteiger partial charge in [-0.2, -0.15) is 0 Å². The highest BCUT2D eigenvalue weighted by atomic mass is 35.5. The molecule has 0 bridgehead atoms. The van der Waals surface area contributed by atoms with Crippen molar-refractivity contribution < 1.29 is 28.2 Å². The number of thiazole rings is 1. The van der Waals surface area contributed by atoms with Crippen LogP contribution in [-0.2, 0) is 16.1 Å². The number of para-hydroxylation sites is 2. The molecule has 144 valence electrons. The standard InChI is InChI=1S/C18H11ClF2N2O4S/c19-15-16(21)8(20)5-12-17(15)22-13(28-12)7-23-9-3-1-2-4-10(9)27-11(18(23)26)6-14(24)25/h1-5,11H,6-7H2,(H,24,25). The van der Waals surface area contributed by atoms with Gasteiger partial charge in [0.2, 0.25) is 0 Å². The van der Waals surface area contributed by atoms with Crippen molar-refractivity contribution in [2.24, 2.45) is 0 Å². The van der Waals surface area contributed by atoms with Gasteiger partial charge in [0.05, 0.1) is 23.4 Å². The molecular weight excluding hydrogens is 414 g/mol. The van der Waals surface area contributed by atoms with Gasteiger partial charge in [-0.05, 0) is 18.2 Å². The third-order valence-electron chi connectivity index (χ3n) is 4.19. The number of carbonyl (C=O) groups is 2. The molecule has 0 fully saturated rings. The lowest BCUT2D eigenvalue weighted by molar-refractivity contribution is -0.142. The topological polar surface area (TPSA) is 79.7 Å². The first-order chi connectivity index (χ1) is 13.3. The number of ether oxygens (including phenoxy) is 1. The van der Waals surface area contributed by atoms with Crippen LogP contribution in [0.3, 0.4) is 0 Å². The van der Waals surface area contributed by atoms with Crippen LogP contribution in [0.2, 0.25) is 5.02 Å². The van der Waals surface area contributed by atoms with Gasteiger partial charge in [0.15, 0.2) is 17.7 Å². The number of halogens is 3. The van der Waals surface area contributed by atoms with Crippen molar-refractivity contribution in [1.29, 1.82) is 0 Å². The van der Waals surface area contributed by atoms with E-state index < -0.39 is 41.1 Å². The molecule has 1 unspecified atom stereocenters. The monoisotopic (exact) mass is 424 g/mol. The summed E-state index contributed by atoms with van der Waals surface area (Å²) in [5.41, 5.74) is 0.563. The van der Waals surface area contributed by atoms with Crippen LogP contribution in [0.1, 0.15) is 11.4 Å². The molecule has 28 heavy (non-hydrogen) atoms. The van der Waals surface area contributed by atoms with Gasteiger partial charge in [0.25, 0.3) is 5.91 Å². The lowest BCUT2D eigenvalue weighted by atomic mass is 10.1. The third-order valence-corrected chi connectivity index (χ3v) is 5.52. The van der Waals surface area contributed by atoms with E-state index in [4.69, 9.17) is 21.4 Å². The molecule has 0 aliphatic carbocycles. The zero-order valence-electron chi connectivity index (χ0n) is 14.0. The van der Waals surface area contributed by atoms with Crippen molar-refractivity contribution in [2.75, 3.05) is 4.90 Å². The van der Waals surface area contributed by atoms with E-state index in [1.165, 1.54) is 4.90 Å². The van der Waals surface area contributed by atoms with Crippen molar-refractivity contribution in [3.05, 3.63) is 52.0 Å². The first-order valence-electron chi connectivity index (χ1n) is 8.07. The maximum absolute atomic E-state index is 13.7. The van der Waals surface area contributed by atoms with E-state index in [2.05, 4.69) is 4.98 Å². The molecule has 2 aromatic carbocycles. The maximum Gasteiger partial charge on any atom is 0.307 e. The molecule has 1 atom stereocenters. The van der Waals surface area contributed by atoms with Crippen molar-refractivity contribution in [2.45, 2.75) is 19.1 Å². The van der Waals surface area contributed by atoms with E-state index in [-0.39, 0.29) is 12.1 Å². The Morgan fingerprint density at radius 2 is 2.11 bits per heavy atom. The van der Waals surface area contributed by atoms with Crippen LogP contribution < -0.4 is 9.64 Å². The summed E-state index contributed by atoms with van der Waals surface area (Å²) in [6, 6.07) is 7.70. The predicted octanol–water partition coefficient (Wildman–Crippen LogP) is 4.00. The summed E-state index contributed by atoms with van der Waals surface area (Å²) >= 11 is 6.91. The molecule has 6 nitrogen and oxygen atoms in total. The minimum absolute atomic E-state index is 0.0196. The number of hydrogen-bond donors (Lipinski definition) is 1. The van der Waals surface area contributed by atoms with Crippen LogP contribution >= 0.6 is 22.9 Å². The fraction of sp³-hybridized carbons (Fsp3) is 0.167. The summed E-state index contributed by atoms with van der Waals surface area (Å²) in [6.07, 6.45) is -1.67. The Morgan fingerprint density at radius 1 is 1.36 bits per heavy atom. The largest absolute Gasteiger partial charge is 0.481 e. The minimum Gasteiger partial charge on any atom is -0.481 e. The number of aliphatic carboxylic acids is 1. The van der Waals surface area contributed by atoms with Gasteiger partial charge in [-0.25, -0.2) is 13.8 Å². The van der Waals surface area contributed by atoms with Crippen LogP contribution in [0.15, 0.2) is 30.3 Å². The van der Waals surface area contributed by atoms with Crippen molar-refractivity contribution >= 4 is 50.7 Å². The van der Waals surface area contributed by atoms with E-state index >= 15 is 0 Å². The Bertz CT molecular complexity index is 1120. The average molecular weight is 425 g/mol. The number of anilines is 1. The smallest absolute Gasteiger partial charge is 0.307 e. The normalized spacial score (nSPS) is 16.2. The molecule has 10 heteroatoms. The summed E-state index contributed by atoms with van der Waals surface area (Å²) in [5.74, 6) is -3.61. The van der Waals surface area contributed by atoms with Crippen LogP contribution in [0.5, 0.6) is 5.75 Å². The fourth-order valence-corrected chi connectivity index (χ4v) is 4.23. The van der Waals surface area contributed by atoms with Gasteiger partial charge < -0.3 is 9.84 Å². The van der Waals surface area contributed by atoms with Crippen LogP contribution in [-0.4, -0.2) is 28.1 Å². The molecule has 4 rings (SSSR count). The lowest BCUT2D eigenvalue weighted by Gasteiger charge is -2.33. The van der Waals surface area contributed by atoms with E-state index in [9.17, 15) is 18.4 Å². The van der Waals surface area contributed by atoms with Gasteiger partial charge in [-0.3, -0.25) is 14.5 Å². The second-order valence-corrected chi connectivity index (χ2v) is 7.53. The van der Waals surface area contributed by atoms with Crippen molar-refractivity contribution in [3.8, 4) is 5.75 Å². The molecule has 0 saturated carbocycles. The Hall–Kier alpha value is -2.78. The average Bonchev–Trinajstić information content (AvgIpc) is 3.05. The Kier molecular flexibility index (Phi) is 4.64. The first-order valence-corrected chi connectivity index (χ1v) is 9.26. The summed E-state index contributed by atoms with van der Waals surface area (Å²) in [7, 11) is 0. The fourth-order valence-electron chi connectivity index (χ4n) is 2.95. The number of amides is 1. The quantitative estimate of drug-likeness (QED) is 0.640. The molecule has 0 saturated heterocycles. The molecule has 1 aromatic heterocycles. The molecule has 1 N–H and O–H groups in total. The molecule has 1 amide bonds. The predicted molar refractivity (Wildman–Crippen MR) is 98.8 cm³/mol. The van der Waals surface area contributed by atoms with Gasteiger partial charge in [-0.1, -0.05) is 23.7 Å². The third kappa shape index (κ3) is 3.16. The van der Waals surface area contributed by atoms with Crippen LogP contribution in [0.4, 0.5) is 14.5 Å². The number of rotatable bonds is 4. The summed E-state index contributed by atoms with van der Waals surface area (Å²) in [4.78, 5) is 29.4. The number of benzene rings is 2. The van der Waals surface area contributed by atoms with Crippen molar-refractivity contribution in [3.63, 3.8) is 0 Å². The minimum atomic E-state index is -1.18. The summed E-state index contributed by atoms with van der Waals surface area (Å²) in [6.45, 7) is -0.0196. The molecule has 0 radical (unpaired) electrons. The number of carboxylic acids is 1. The Morgan fingerprint density at radius 3 is 2.86 bits per heavy atom. The zero-order chi connectivity index (χ0) is 20.0. The number of carbonyl (C=O) groups excluding carboxylic acids is 1. The molecular formula is C18H11ClF2N2O4S. The highest BCUT2D eigenvalue weighted by molar-refractivity contribution is 7.18. The van der Waals surface area contributed by atoms with E-state index in [0.29, 0.717) is 21.1 Å². The molecule has 1 aliphatic heterocycles. The number of aromatic nitrogens is 1. The number of nitrogens with zero attached hydrogens (tertiary/aromatic N) is 2. The van der Waals surface area contributed by atoms with Gasteiger partial charge in [0, 0.05) is 0 Å². The second kappa shape index (κ2) is 6.99. The van der Waals surface area contributed by atoms with Crippen LogP contribution in [0.25, 0.3) is 10.2 Å². The Balaban J connectivity index is 1.73. The number of carboxylic acid groups (broad SMARTS) is 1. The second-order valence-electron chi connectivity index (χ2n) is 6.04. The zero-order valence-corrected chi connectivity index (χ0v) is 15.6. The first kappa shape index (κ1) is 18.6. The van der Waals surface area contributed by atoms with Crippen molar-refractivity contribution in [1.82, 2.24) is 4.98 Å². The van der Waals surface area contributed by atoms with Gasteiger partial charge in [-0.15, -0.1) is 11.3 Å². The SMILES string of the molecule is O=C(O)CC1Oc2ccccc2N(Cc2nc3c(Cl)c(F)c(F)cc3s2)C1=O. The van der Waals surface area contributed by atoms with E-state index in [1.54, 1.807) is 24.3 Å². The number of fused-ring (bicyclic) bond motifs is 2. The highest BCUT2D eigenvalue weighted by Gasteiger charge is 2.36. The number of hydrogen-bond acceptors (Lipinski definition) is 5. The molecule has 2 heterocycles. The summed E-state index contributed by atoms with van der Waals surface area (Å²) < 4.78 is 33.1. The molecule has 1 aliphatic rings.